The molecule has 0 saturated heterocycles. The Hall–Kier alpha value is -2.22. The highest BCUT2D eigenvalue weighted by Crippen LogP contribution is 2.29. The van der Waals surface area contributed by atoms with Gasteiger partial charge in [0, 0.05) is 10.7 Å². The van der Waals surface area contributed by atoms with E-state index < -0.39 is 0 Å². The third-order valence-electron chi connectivity index (χ3n) is 4.04. The number of hydrogen-bond donors (Lipinski definition) is 2. The third kappa shape index (κ3) is 3.51. The Morgan fingerprint density at radius 2 is 2.04 bits per heavy atom. The quantitative estimate of drug-likeness (QED) is 0.713. The van der Waals surface area contributed by atoms with Gasteiger partial charge in [-0.25, -0.2) is 4.98 Å². The zero-order valence-corrected chi connectivity index (χ0v) is 16.5. The van der Waals surface area contributed by atoms with Gasteiger partial charge in [0.2, 0.25) is 0 Å². The van der Waals surface area contributed by atoms with E-state index in [4.69, 9.17) is 11.6 Å². The van der Waals surface area contributed by atoms with Crippen molar-refractivity contribution in [2.24, 2.45) is 0 Å². The Morgan fingerprint density at radius 3 is 2.73 bits per heavy atom. The van der Waals surface area contributed by atoms with E-state index in [0.29, 0.717) is 43.7 Å². The largest absolute Gasteiger partial charge is 0.321 e. The van der Waals surface area contributed by atoms with Gasteiger partial charge < -0.3 is 15.2 Å². The highest BCUT2D eigenvalue weighted by atomic mass is 35.5. The van der Waals surface area contributed by atoms with Crippen LogP contribution in [-0.2, 0) is 6.54 Å². The number of H-pyrrole nitrogens is 1. The molecule has 6 nitrogen and oxygen atoms in total. The molecule has 1 amide bonds. The van der Waals surface area contributed by atoms with Gasteiger partial charge in [0.15, 0.2) is 0 Å². The molecule has 0 aliphatic rings. The van der Waals surface area contributed by atoms with Crippen molar-refractivity contribution in [3.63, 3.8) is 0 Å². The number of nitrogens with zero attached hydrogens (tertiary/aromatic N) is 2. The second kappa shape index (κ2) is 7.19. The number of thiophene rings is 1. The summed E-state index contributed by atoms with van der Waals surface area (Å²) in [5.74, 6) is 0.302. The maximum Gasteiger partial charge on any atom is 0.266 e. The van der Waals surface area contributed by atoms with Crippen molar-refractivity contribution in [2.75, 3.05) is 19.4 Å². The number of anilines is 1. The standard InChI is InChI=1S/C18H19ClN4O2S/c1-9-11(19)6-5-7-12(9)20-17(25)15-10(2)14-16(24)21-13(8-23(3)4)22-18(14)26-15/h5-7H,8H2,1-4H3,(H,20,25)(H,21,22,24). The molecule has 26 heavy (non-hydrogen) atoms. The summed E-state index contributed by atoms with van der Waals surface area (Å²) < 4.78 is 0. The molecule has 136 valence electrons. The lowest BCUT2D eigenvalue weighted by molar-refractivity contribution is 0.103. The van der Waals surface area contributed by atoms with Gasteiger partial charge in [-0.15, -0.1) is 11.3 Å². The Morgan fingerprint density at radius 1 is 1.31 bits per heavy atom. The molecule has 0 fully saturated rings. The minimum absolute atomic E-state index is 0.224. The fourth-order valence-corrected chi connectivity index (χ4v) is 3.97. The van der Waals surface area contributed by atoms with Crippen LogP contribution in [0.3, 0.4) is 0 Å². The predicted molar refractivity (Wildman–Crippen MR) is 107 cm³/mol. The molecule has 0 saturated carbocycles. The maximum absolute atomic E-state index is 12.8. The SMILES string of the molecule is Cc1c(Cl)cccc1NC(=O)c1sc2nc(CN(C)C)[nH]c(=O)c2c1C. The molecule has 0 bridgehead atoms. The van der Waals surface area contributed by atoms with E-state index in [1.807, 2.05) is 25.9 Å². The van der Waals surface area contributed by atoms with Crippen LogP contribution in [0.4, 0.5) is 5.69 Å². The summed E-state index contributed by atoms with van der Waals surface area (Å²) >= 11 is 7.33. The van der Waals surface area contributed by atoms with Crippen LogP contribution in [-0.4, -0.2) is 34.9 Å². The molecule has 8 heteroatoms. The first-order chi connectivity index (χ1) is 12.3. The van der Waals surface area contributed by atoms with Crippen LogP contribution in [0.15, 0.2) is 23.0 Å². The minimum atomic E-state index is -0.274. The first-order valence-corrected chi connectivity index (χ1v) is 9.21. The molecule has 0 radical (unpaired) electrons. The summed E-state index contributed by atoms with van der Waals surface area (Å²) in [5, 5.41) is 3.92. The number of halogens is 1. The number of rotatable bonds is 4. The second-order valence-corrected chi connectivity index (χ2v) is 7.76. The highest BCUT2D eigenvalue weighted by molar-refractivity contribution is 7.20. The summed E-state index contributed by atoms with van der Waals surface area (Å²) in [5.41, 5.74) is 1.85. The predicted octanol–water partition coefficient (Wildman–Crippen LogP) is 3.57. The molecular weight excluding hydrogens is 372 g/mol. The number of carbonyl (C=O) groups is 1. The van der Waals surface area contributed by atoms with Crippen LogP contribution < -0.4 is 10.9 Å². The molecule has 3 aromatic rings. The molecule has 2 heterocycles. The van der Waals surface area contributed by atoms with Crippen molar-refractivity contribution in [1.82, 2.24) is 14.9 Å². The monoisotopic (exact) mass is 390 g/mol. The van der Waals surface area contributed by atoms with E-state index in [9.17, 15) is 9.59 Å². The Bertz CT molecular complexity index is 1060. The van der Waals surface area contributed by atoms with Gasteiger partial charge in [-0.2, -0.15) is 0 Å². The molecule has 0 aliphatic carbocycles. The van der Waals surface area contributed by atoms with Crippen molar-refractivity contribution >= 4 is 44.7 Å². The molecule has 2 N–H and O–H groups in total. The van der Waals surface area contributed by atoms with Crippen LogP contribution in [0.25, 0.3) is 10.2 Å². The number of nitrogens with one attached hydrogen (secondary N) is 2. The van der Waals surface area contributed by atoms with Gasteiger partial charge in [0.25, 0.3) is 11.5 Å². The molecule has 3 rings (SSSR count). The lowest BCUT2D eigenvalue weighted by Crippen LogP contribution is -2.18. The molecule has 0 atom stereocenters. The summed E-state index contributed by atoms with van der Waals surface area (Å²) in [4.78, 5) is 35.4. The lowest BCUT2D eigenvalue weighted by atomic mass is 10.1. The van der Waals surface area contributed by atoms with E-state index in [0.717, 1.165) is 5.56 Å². The first kappa shape index (κ1) is 18.6. The first-order valence-electron chi connectivity index (χ1n) is 8.01. The van der Waals surface area contributed by atoms with Crippen molar-refractivity contribution in [3.8, 4) is 0 Å². The third-order valence-corrected chi connectivity index (χ3v) is 5.63. The Labute approximate surface area is 159 Å². The number of aryl methyl sites for hydroxylation is 1. The number of hydrogen-bond acceptors (Lipinski definition) is 5. The van der Waals surface area contributed by atoms with E-state index >= 15 is 0 Å². The van der Waals surface area contributed by atoms with Crippen molar-refractivity contribution in [3.05, 3.63) is 55.4 Å². The van der Waals surface area contributed by atoms with E-state index in [1.54, 1.807) is 25.1 Å². The van der Waals surface area contributed by atoms with Gasteiger partial charge in [-0.3, -0.25) is 9.59 Å². The van der Waals surface area contributed by atoms with E-state index in [1.165, 1.54) is 11.3 Å². The van der Waals surface area contributed by atoms with Crippen LogP contribution in [0, 0.1) is 13.8 Å². The van der Waals surface area contributed by atoms with Crippen molar-refractivity contribution in [2.45, 2.75) is 20.4 Å². The minimum Gasteiger partial charge on any atom is -0.321 e. The maximum atomic E-state index is 12.8. The Kier molecular flexibility index (Phi) is 5.13. The normalized spacial score (nSPS) is 11.3. The van der Waals surface area contributed by atoms with Crippen molar-refractivity contribution < 1.29 is 4.79 Å². The zero-order chi connectivity index (χ0) is 19.0. The van der Waals surface area contributed by atoms with E-state index in [-0.39, 0.29) is 11.5 Å². The average molecular weight is 391 g/mol. The fourth-order valence-electron chi connectivity index (χ4n) is 2.70. The number of amides is 1. The van der Waals surface area contributed by atoms with Crippen LogP contribution in [0.2, 0.25) is 5.02 Å². The Balaban J connectivity index is 2.01. The average Bonchev–Trinajstić information content (AvgIpc) is 2.88. The summed E-state index contributed by atoms with van der Waals surface area (Å²) in [6, 6.07) is 5.34. The smallest absolute Gasteiger partial charge is 0.266 e. The summed E-state index contributed by atoms with van der Waals surface area (Å²) in [6.45, 7) is 4.13. The van der Waals surface area contributed by atoms with Crippen LogP contribution in [0.5, 0.6) is 0 Å². The number of aromatic nitrogens is 2. The number of carbonyl (C=O) groups excluding carboxylic acids is 1. The van der Waals surface area contributed by atoms with Gasteiger partial charge in [0.05, 0.1) is 16.8 Å². The van der Waals surface area contributed by atoms with Gasteiger partial charge >= 0.3 is 0 Å². The van der Waals surface area contributed by atoms with Crippen LogP contribution >= 0.6 is 22.9 Å². The molecular formula is C18H19ClN4O2S. The number of benzene rings is 1. The second-order valence-electron chi connectivity index (χ2n) is 6.35. The fraction of sp³-hybridized carbons (Fsp3) is 0.278. The lowest BCUT2D eigenvalue weighted by Gasteiger charge is -2.08. The summed E-state index contributed by atoms with van der Waals surface area (Å²) in [7, 11) is 3.80. The molecule has 0 unspecified atom stereocenters. The van der Waals surface area contributed by atoms with Gasteiger partial charge in [-0.1, -0.05) is 17.7 Å². The molecule has 0 spiro atoms. The number of aromatic amines is 1. The van der Waals surface area contributed by atoms with E-state index in [2.05, 4.69) is 15.3 Å². The van der Waals surface area contributed by atoms with Gasteiger partial charge in [-0.05, 0) is 51.2 Å². The zero-order valence-electron chi connectivity index (χ0n) is 14.9. The van der Waals surface area contributed by atoms with Crippen LogP contribution in [0.1, 0.15) is 26.6 Å². The molecule has 2 aromatic heterocycles. The highest BCUT2D eigenvalue weighted by Gasteiger charge is 2.20. The number of fused-ring (bicyclic) bond motifs is 1. The summed E-state index contributed by atoms with van der Waals surface area (Å²) in [6.07, 6.45) is 0. The molecule has 1 aromatic carbocycles. The topological polar surface area (TPSA) is 78.1 Å². The van der Waals surface area contributed by atoms with Crippen molar-refractivity contribution in [1.29, 1.82) is 0 Å². The molecule has 0 aliphatic heterocycles. The van der Waals surface area contributed by atoms with Gasteiger partial charge in [0.1, 0.15) is 10.7 Å².